The van der Waals surface area contributed by atoms with E-state index in [1.807, 2.05) is 14.1 Å². The van der Waals surface area contributed by atoms with Crippen LogP contribution in [0.3, 0.4) is 0 Å². The van der Waals surface area contributed by atoms with Crippen LogP contribution in [0.4, 0.5) is 0 Å². The van der Waals surface area contributed by atoms with Gasteiger partial charge in [-0.05, 0) is 59.5 Å². The van der Waals surface area contributed by atoms with Gasteiger partial charge in [0.25, 0.3) is 0 Å². The largest absolute Gasteiger partial charge is 0.320 e. The van der Waals surface area contributed by atoms with Crippen LogP contribution in [0.15, 0.2) is 0 Å². The fraction of sp³-hybridized carbons (Fsp3) is 1.00. The Morgan fingerprint density at radius 2 is 1.28 bits per heavy atom. The summed E-state index contributed by atoms with van der Waals surface area (Å²) in [5.74, 6) is 0. The predicted octanol–water partition coefficient (Wildman–Crippen LogP) is 0.898. The van der Waals surface area contributed by atoms with E-state index in [-0.39, 0.29) is 17.1 Å². The molecule has 5 heteroatoms. The van der Waals surface area contributed by atoms with Gasteiger partial charge in [0.15, 0.2) is 0 Å². The molecule has 0 rings (SSSR count). The molecule has 115 valence electrons. The smallest absolute Gasteiger partial charge is 0.0571 e. The van der Waals surface area contributed by atoms with Crippen LogP contribution in [0.2, 0.25) is 0 Å². The molecule has 0 aliphatic carbocycles. The van der Waals surface area contributed by atoms with Gasteiger partial charge >= 0.3 is 0 Å². The van der Waals surface area contributed by atoms with Crippen molar-refractivity contribution in [1.82, 2.24) is 21.3 Å². The van der Waals surface area contributed by atoms with Crippen molar-refractivity contribution in [2.45, 2.75) is 45.2 Å². The average Bonchev–Trinajstić information content (AvgIpc) is 2.35. The average molecular weight is 310 g/mol. The van der Waals surface area contributed by atoms with Gasteiger partial charge in [0.1, 0.15) is 0 Å². The molecule has 0 saturated heterocycles. The molecular formula is C13H32CuN4. The Bertz CT molecular complexity index is 135. The molecule has 4 N–H and O–H groups in total. The zero-order chi connectivity index (χ0) is 12.8. The van der Waals surface area contributed by atoms with Crippen molar-refractivity contribution in [2.75, 3.05) is 40.3 Å². The topological polar surface area (TPSA) is 48.1 Å². The van der Waals surface area contributed by atoms with E-state index in [4.69, 9.17) is 0 Å². The molecule has 0 atom stereocenters. The molecule has 0 aliphatic rings. The van der Waals surface area contributed by atoms with Crippen LogP contribution in [0, 0.1) is 0 Å². The quantitative estimate of drug-likeness (QED) is 0.177. The first kappa shape index (κ1) is 20.7. The summed E-state index contributed by atoms with van der Waals surface area (Å²) < 4.78 is 0. The minimum Gasteiger partial charge on any atom is -0.320 e. The van der Waals surface area contributed by atoms with Crippen molar-refractivity contribution in [2.24, 2.45) is 0 Å². The second-order valence-electron chi connectivity index (χ2n) is 4.52. The van der Waals surface area contributed by atoms with Crippen LogP contribution in [0.1, 0.15) is 39.0 Å². The Morgan fingerprint density at radius 1 is 0.778 bits per heavy atom. The molecular weight excluding hydrogens is 278 g/mol. The van der Waals surface area contributed by atoms with Gasteiger partial charge in [-0.25, -0.2) is 0 Å². The van der Waals surface area contributed by atoms with Gasteiger partial charge in [0.2, 0.25) is 0 Å². The molecule has 0 saturated carbocycles. The van der Waals surface area contributed by atoms with E-state index in [2.05, 4.69) is 28.2 Å². The monoisotopic (exact) mass is 309 g/mol. The van der Waals surface area contributed by atoms with Crippen molar-refractivity contribution in [3.8, 4) is 0 Å². The van der Waals surface area contributed by atoms with E-state index in [9.17, 15) is 0 Å². The van der Waals surface area contributed by atoms with Gasteiger partial charge in [-0.2, -0.15) is 0 Å². The second-order valence-corrected chi connectivity index (χ2v) is 4.52. The molecule has 1 radical (unpaired) electrons. The van der Waals surface area contributed by atoms with Gasteiger partial charge in [-0.1, -0.05) is 19.8 Å². The van der Waals surface area contributed by atoms with Gasteiger partial charge in [-0.3, -0.25) is 0 Å². The first-order valence-corrected chi connectivity index (χ1v) is 7.11. The maximum atomic E-state index is 3.59. The number of hydrogen-bond acceptors (Lipinski definition) is 4. The summed E-state index contributed by atoms with van der Waals surface area (Å²) in [6, 6.07) is 0. The van der Waals surface area contributed by atoms with Crippen molar-refractivity contribution in [3.63, 3.8) is 0 Å². The normalized spacial score (nSPS) is 10.7. The summed E-state index contributed by atoms with van der Waals surface area (Å²) >= 11 is 0. The SMILES string of the molecule is CCCCC(NCCC[15NH]C)NCCC[15NH]C.[Cu]. The number of hydrogen-bond donors (Lipinski definition) is 4. The summed E-state index contributed by atoms with van der Waals surface area (Å²) in [5.41, 5.74) is 0. The summed E-state index contributed by atoms with van der Waals surface area (Å²) in [5, 5.41) is 13.5. The van der Waals surface area contributed by atoms with Gasteiger partial charge < -0.3 is 21.3 Å². The molecule has 0 aliphatic heterocycles. The van der Waals surface area contributed by atoms with E-state index < -0.39 is 0 Å². The molecule has 0 heterocycles. The minimum atomic E-state index is 0. The Morgan fingerprint density at radius 3 is 1.67 bits per heavy atom. The van der Waals surface area contributed by atoms with Gasteiger partial charge in [-0.15, -0.1) is 0 Å². The van der Waals surface area contributed by atoms with E-state index in [0.29, 0.717) is 6.17 Å². The standard InChI is InChI=1S/C13H32N4.Cu/c1-4-5-8-13(16-11-6-9-14-2)17-12-7-10-15-3;/h13-17H,4-12H2,1-3H3;/i14+1,15+1;. The number of unbranched alkanes of at least 4 members (excludes halogenated alkanes) is 1. The van der Waals surface area contributed by atoms with Gasteiger partial charge in [0.05, 0.1) is 6.17 Å². The molecule has 0 aromatic heterocycles. The summed E-state index contributed by atoms with van der Waals surface area (Å²) in [7, 11) is 4.01. The number of nitrogens with one attached hydrogen (secondary N) is 4. The van der Waals surface area contributed by atoms with Crippen LogP contribution in [0.25, 0.3) is 0 Å². The fourth-order valence-corrected chi connectivity index (χ4v) is 1.77. The molecule has 0 spiro atoms. The number of rotatable bonds is 13. The van der Waals surface area contributed by atoms with E-state index >= 15 is 0 Å². The fourth-order valence-electron chi connectivity index (χ4n) is 1.77. The first-order chi connectivity index (χ1) is 8.35. The van der Waals surface area contributed by atoms with E-state index in [0.717, 1.165) is 26.2 Å². The maximum absolute atomic E-state index is 3.59. The Kier molecular flexibility index (Phi) is 19.9. The second kappa shape index (κ2) is 17.4. The zero-order valence-corrected chi connectivity index (χ0v) is 13.2. The third-order valence-corrected chi connectivity index (χ3v) is 2.83. The summed E-state index contributed by atoms with van der Waals surface area (Å²) in [4.78, 5) is 0. The summed E-state index contributed by atoms with van der Waals surface area (Å²) in [6.45, 7) is 6.61. The maximum Gasteiger partial charge on any atom is 0.0571 e. The minimum absolute atomic E-state index is 0. The summed E-state index contributed by atoms with van der Waals surface area (Å²) in [6.07, 6.45) is 6.67. The zero-order valence-electron chi connectivity index (χ0n) is 12.2. The predicted molar refractivity (Wildman–Crippen MR) is 76.4 cm³/mol. The van der Waals surface area contributed by atoms with Crippen LogP contribution >= 0.6 is 0 Å². The molecule has 0 bridgehead atoms. The Labute approximate surface area is 124 Å². The van der Waals surface area contributed by atoms with Crippen molar-refractivity contribution < 1.29 is 17.1 Å². The molecule has 0 fully saturated rings. The Hall–Kier alpha value is 0.359. The van der Waals surface area contributed by atoms with Crippen molar-refractivity contribution >= 4 is 0 Å². The van der Waals surface area contributed by atoms with E-state index in [1.165, 1.54) is 32.1 Å². The van der Waals surface area contributed by atoms with Crippen LogP contribution in [0.5, 0.6) is 0 Å². The molecule has 0 unspecified atom stereocenters. The van der Waals surface area contributed by atoms with Crippen molar-refractivity contribution in [3.05, 3.63) is 0 Å². The van der Waals surface area contributed by atoms with Crippen molar-refractivity contribution in [1.29, 1.82) is 0 Å². The van der Waals surface area contributed by atoms with Gasteiger partial charge in [0, 0.05) is 17.1 Å². The molecule has 18 heavy (non-hydrogen) atoms. The molecule has 0 aromatic rings. The van der Waals surface area contributed by atoms with Crippen LogP contribution in [-0.2, 0) is 17.1 Å². The third kappa shape index (κ3) is 14.4. The molecule has 4 nitrogen and oxygen atoms in total. The Balaban J connectivity index is 0. The van der Waals surface area contributed by atoms with Crippen LogP contribution < -0.4 is 21.3 Å². The van der Waals surface area contributed by atoms with Crippen LogP contribution in [-0.4, -0.2) is 46.4 Å². The molecule has 0 aromatic carbocycles. The third-order valence-electron chi connectivity index (χ3n) is 2.83. The first-order valence-electron chi connectivity index (χ1n) is 7.11. The van der Waals surface area contributed by atoms with E-state index in [1.54, 1.807) is 0 Å². The molecule has 0 amide bonds.